The molecule has 0 amide bonds. The molecule has 5 heteroatoms. The average Bonchev–Trinajstić information content (AvgIpc) is 2.48. The van der Waals surface area contributed by atoms with E-state index in [1.807, 2.05) is 0 Å². The van der Waals surface area contributed by atoms with E-state index in [-0.39, 0.29) is 0 Å². The largest absolute Gasteiger partial charge is 0.316 e. The lowest BCUT2D eigenvalue weighted by molar-refractivity contribution is 0.170. The zero-order valence-corrected chi connectivity index (χ0v) is 13.7. The van der Waals surface area contributed by atoms with Crippen LogP contribution < -0.4 is 5.32 Å². The summed E-state index contributed by atoms with van der Waals surface area (Å²) in [7, 11) is -2.80. The van der Waals surface area contributed by atoms with Crippen molar-refractivity contribution in [2.24, 2.45) is 11.8 Å². The Kier molecular flexibility index (Phi) is 6.77. The second kappa shape index (κ2) is 7.60. The fourth-order valence-corrected chi connectivity index (χ4v) is 3.78. The number of sulfone groups is 1. The predicted molar refractivity (Wildman–Crippen MR) is 81.2 cm³/mol. The van der Waals surface area contributed by atoms with Crippen LogP contribution in [0.1, 0.15) is 34.1 Å². The number of hydrogen-bond donors (Lipinski definition) is 1. The summed E-state index contributed by atoms with van der Waals surface area (Å²) in [6.07, 6.45) is 0.777. The lowest BCUT2D eigenvalue weighted by Crippen LogP contribution is -2.43. The second-order valence-corrected chi connectivity index (χ2v) is 8.61. The van der Waals surface area contributed by atoms with Crippen LogP contribution in [0.5, 0.6) is 0 Å². The summed E-state index contributed by atoms with van der Waals surface area (Å²) < 4.78 is 23.2. The molecule has 1 N–H and O–H groups in total. The molecule has 0 spiro atoms. The maximum atomic E-state index is 11.6. The van der Waals surface area contributed by atoms with Gasteiger partial charge in [-0.3, -0.25) is 4.90 Å². The van der Waals surface area contributed by atoms with E-state index in [4.69, 9.17) is 0 Å². The minimum absolute atomic E-state index is 0.323. The van der Waals surface area contributed by atoms with Crippen molar-refractivity contribution in [3.63, 3.8) is 0 Å². The predicted octanol–water partition coefficient (Wildman–Crippen LogP) is 1.38. The minimum Gasteiger partial charge on any atom is -0.316 e. The minimum atomic E-state index is -2.80. The molecule has 0 aliphatic carbocycles. The Morgan fingerprint density at radius 1 is 1.05 bits per heavy atom. The van der Waals surface area contributed by atoms with Gasteiger partial charge in [0.1, 0.15) is 0 Å². The molecule has 2 atom stereocenters. The first-order valence-electron chi connectivity index (χ1n) is 7.47. The Bertz CT molecular complexity index is 354. The molecule has 2 unspecified atom stereocenters. The molecule has 1 saturated heterocycles. The molecule has 0 aromatic rings. The Morgan fingerprint density at radius 3 is 2.37 bits per heavy atom. The van der Waals surface area contributed by atoms with Gasteiger partial charge in [-0.2, -0.15) is 0 Å². The first kappa shape index (κ1) is 16.9. The second-order valence-electron chi connectivity index (χ2n) is 6.31. The van der Waals surface area contributed by atoms with Gasteiger partial charge in [-0.25, -0.2) is 8.42 Å². The van der Waals surface area contributed by atoms with E-state index in [1.165, 1.54) is 0 Å². The van der Waals surface area contributed by atoms with E-state index in [2.05, 4.69) is 37.9 Å². The molecule has 1 aliphatic heterocycles. The fraction of sp³-hybridized carbons (Fsp3) is 1.00. The molecule has 0 saturated carbocycles. The molecule has 1 aliphatic rings. The molecule has 1 heterocycles. The van der Waals surface area contributed by atoms with Crippen molar-refractivity contribution in [2.45, 2.75) is 40.2 Å². The quantitative estimate of drug-likeness (QED) is 0.803. The standard InChI is InChI=1S/C14H30N2O2S/c1-12(2)10-15-11-13(3)14(4)16-6-5-8-19(17,18)9-7-16/h12-15H,5-11H2,1-4H3. The molecule has 4 nitrogen and oxygen atoms in total. The van der Waals surface area contributed by atoms with E-state index in [1.54, 1.807) is 0 Å². The van der Waals surface area contributed by atoms with Crippen molar-refractivity contribution >= 4 is 9.84 Å². The Balaban J connectivity index is 2.41. The number of hydrogen-bond acceptors (Lipinski definition) is 4. The van der Waals surface area contributed by atoms with Crippen LogP contribution >= 0.6 is 0 Å². The Labute approximate surface area is 118 Å². The van der Waals surface area contributed by atoms with Gasteiger partial charge >= 0.3 is 0 Å². The van der Waals surface area contributed by atoms with Gasteiger partial charge in [-0.05, 0) is 44.8 Å². The van der Waals surface area contributed by atoms with Gasteiger partial charge in [0.25, 0.3) is 0 Å². The molecule has 0 bridgehead atoms. The van der Waals surface area contributed by atoms with Gasteiger partial charge in [0.2, 0.25) is 0 Å². The van der Waals surface area contributed by atoms with E-state index < -0.39 is 9.84 Å². The van der Waals surface area contributed by atoms with Gasteiger partial charge in [0.15, 0.2) is 9.84 Å². The summed E-state index contributed by atoms with van der Waals surface area (Å²) in [5, 5.41) is 3.49. The molecule has 0 aromatic heterocycles. The fourth-order valence-electron chi connectivity index (χ4n) is 2.50. The van der Waals surface area contributed by atoms with Gasteiger partial charge in [0.05, 0.1) is 11.5 Å². The summed E-state index contributed by atoms with van der Waals surface area (Å²) in [6.45, 7) is 12.5. The maximum Gasteiger partial charge on any atom is 0.151 e. The number of nitrogens with one attached hydrogen (secondary N) is 1. The Hall–Kier alpha value is -0.130. The highest BCUT2D eigenvalue weighted by atomic mass is 32.2. The molecule has 19 heavy (non-hydrogen) atoms. The topological polar surface area (TPSA) is 49.4 Å². The van der Waals surface area contributed by atoms with Crippen molar-refractivity contribution in [3.8, 4) is 0 Å². The molecular weight excluding hydrogens is 260 g/mol. The van der Waals surface area contributed by atoms with Crippen LogP contribution in [0.4, 0.5) is 0 Å². The number of nitrogens with zero attached hydrogens (tertiary/aromatic N) is 1. The van der Waals surface area contributed by atoms with Crippen molar-refractivity contribution in [1.82, 2.24) is 10.2 Å². The third kappa shape index (κ3) is 6.23. The highest BCUT2D eigenvalue weighted by molar-refractivity contribution is 7.91. The van der Waals surface area contributed by atoms with Crippen LogP contribution in [0.2, 0.25) is 0 Å². The van der Waals surface area contributed by atoms with Crippen molar-refractivity contribution in [1.29, 1.82) is 0 Å². The van der Waals surface area contributed by atoms with Crippen LogP contribution in [0.3, 0.4) is 0 Å². The number of rotatable bonds is 6. The highest BCUT2D eigenvalue weighted by Gasteiger charge is 2.25. The van der Waals surface area contributed by atoms with E-state index in [0.29, 0.717) is 35.9 Å². The zero-order chi connectivity index (χ0) is 14.5. The molecule has 0 radical (unpaired) electrons. The lowest BCUT2D eigenvalue weighted by Gasteiger charge is -2.32. The molecule has 0 aromatic carbocycles. The summed E-state index contributed by atoms with van der Waals surface area (Å²) in [4.78, 5) is 2.34. The first-order chi connectivity index (χ1) is 8.82. The third-order valence-electron chi connectivity index (χ3n) is 4.01. The summed E-state index contributed by atoms with van der Waals surface area (Å²) >= 11 is 0. The monoisotopic (exact) mass is 290 g/mol. The van der Waals surface area contributed by atoms with Crippen molar-refractivity contribution in [2.75, 3.05) is 37.7 Å². The lowest BCUT2D eigenvalue weighted by atomic mass is 10.0. The van der Waals surface area contributed by atoms with Gasteiger partial charge in [-0.15, -0.1) is 0 Å². The summed E-state index contributed by atoms with van der Waals surface area (Å²) in [6, 6.07) is 0.438. The van der Waals surface area contributed by atoms with E-state index in [9.17, 15) is 8.42 Å². The van der Waals surface area contributed by atoms with Crippen LogP contribution in [0.15, 0.2) is 0 Å². The molecule has 114 valence electrons. The van der Waals surface area contributed by atoms with Gasteiger partial charge in [-0.1, -0.05) is 20.8 Å². The highest BCUT2D eigenvalue weighted by Crippen LogP contribution is 2.14. The molecule has 1 rings (SSSR count). The van der Waals surface area contributed by atoms with Crippen molar-refractivity contribution < 1.29 is 8.42 Å². The van der Waals surface area contributed by atoms with Crippen molar-refractivity contribution in [3.05, 3.63) is 0 Å². The average molecular weight is 290 g/mol. The van der Waals surface area contributed by atoms with Crippen LogP contribution in [0.25, 0.3) is 0 Å². The normalized spacial score (nSPS) is 24.1. The summed E-state index contributed by atoms with van der Waals surface area (Å²) in [5.41, 5.74) is 0. The Morgan fingerprint density at radius 2 is 1.74 bits per heavy atom. The zero-order valence-electron chi connectivity index (χ0n) is 12.9. The maximum absolute atomic E-state index is 11.6. The van der Waals surface area contributed by atoms with Crippen LogP contribution in [0, 0.1) is 11.8 Å². The first-order valence-corrected chi connectivity index (χ1v) is 9.29. The third-order valence-corrected chi connectivity index (χ3v) is 5.72. The van der Waals surface area contributed by atoms with Crippen LogP contribution in [-0.2, 0) is 9.84 Å². The summed E-state index contributed by atoms with van der Waals surface area (Å²) in [5.74, 6) is 1.89. The van der Waals surface area contributed by atoms with E-state index >= 15 is 0 Å². The SMILES string of the molecule is CC(C)CNCC(C)C(C)N1CCCS(=O)(=O)CC1. The van der Waals surface area contributed by atoms with Gasteiger partial charge < -0.3 is 5.32 Å². The van der Waals surface area contributed by atoms with Gasteiger partial charge in [0, 0.05) is 12.6 Å². The van der Waals surface area contributed by atoms with Crippen LogP contribution in [-0.4, -0.2) is 57.0 Å². The smallest absolute Gasteiger partial charge is 0.151 e. The molecule has 1 fully saturated rings. The molecular formula is C14H30N2O2S. The van der Waals surface area contributed by atoms with E-state index in [0.717, 1.165) is 26.1 Å².